The van der Waals surface area contributed by atoms with Gasteiger partial charge in [0.15, 0.2) is 0 Å². The van der Waals surface area contributed by atoms with Crippen molar-refractivity contribution in [3.8, 4) is 0 Å². The van der Waals surface area contributed by atoms with Crippen LogP contribution in [0.15, 0.2) is 24.5 Å². The van der Waals surface area contributed by atoms with Gasteiger partial charge in [-0.15, -0.1) is 0 Å². The molecule has 1 aliphatic rings. The van der Waals surface area contributed by atoms with Crippen LogP contribution in [0.5, 0.6) is 0 Å². The number of aliphatic carboxylic acids is 1. The van der Waals surface area contributed by atoms with Gasteiger partial charge in [0, 0.05) is 15.1 Å². The summed E-state index contributed by atoms with van der Waals surface area (Å²) >= 11 is 0. The van der Waals surface area contributed by atoms with Crippen molar-refractivity contribution in [3.63, 3.8) is 0 Å². The van der Waals surface area contributed by atoms with Gasteiger partial charge in [-0.3, -0.25) is 9.78 Å². The molecule has 0 saturated heterocycles. The van der Waals surface area contributed by atoms with Crippen LogP contribution in [-0.2, 0) is 4.79 Å². The molecular formula is C9H9NO2. The minimum atomic E-state index is -1.63. The Balaban J connectivity index is 2.28. The van der Waals surface area contributed by atoms with E-state index in [-0.39, 0.29) is 0 Å². The predicted molar refractivity (Wildman–Crippen MR) is 42.7 cm³/mol. The molecule has 1 N–H and O–H groups in total. The number of carbonyl (C=O) groups is 1. The van der Waals surface area contributed by atoms with E-state index < -0.39 is 24.2 Å². The molecule has 0 aromatic carbocycles. The average Bonchev–Trinajstić information content (AvgIpc) is 2.71. The molecule has 0 spiro atoms. The van der Waals surface area contributed by atoms with Crippen molar-refractivity contribution < 1.29 is 12.6 Å². The number of hydrogen-bond acceptors (Lipinski definition) is 2. The fraction of sp³-hybridized carbons (Fsp3) is 0.333. The van der Waals surface area contributed by atoms with Gasteiger partial charge in [-0.1, -0.05) is 6.07 Å². The van der Waals surface area contributed by atoms with Gasteiger partial charge in [0.25, 0.3) is 0 Å². The van der Waals surface area contributed by atoms with Crippen molar-refractivity contribution in [2.45, 2.75) is 12.3 Å². The zero-order valence-electron chi connectivity index (χ0n) is 8.27. The number of hydrogen-bond donors (Lipinski definition) is 1. The fourth-order valence-electron chi connectivity index (χ4n) is 1.20. The van der Waals surface area contributed by atoms with E-state index in [9.17, 15) is 4.79 Å². The molecule has 2 unspecified atom stereocenters. The normalized spacial score (nSPS) is 33.3. The van der Waals surface area contributed by atoms with Crippen molar-refractivity contribution in [2.75, 3.05) is 0 Å². The van der Waals surface area contributed by atoms with E-state index in [4.69, 9.17) is 7.85 Å². The summed E-state index contributed by atoms with van der Waals surface area (Å²) in [6.45, 7) is 0. The van der Waals surface area contributed by atoms with E-state index in [1.54, 1.807) is 18.3 Å². The van der Waals surface area contributed by atoms with Gasteiger partial charge >= 0.3 is 5.97 Å². The lowest BCUT2D eigenvalue weighted by Crippen LogP contribution is -1.98. The second-order valence-electron chi connectivity index (χ2n) is 2.75. The van der Waals surface area contributed by atoms with Crippen LogP contribution in [0.1, 0.15) is 20.6 Å². The Morgan fingerprint density at radius 2 is 2.67 bits per heavy atom. The lowest BCUT2D eigenvalue weighted by Gasteiger charge is -1.94. The quantitative estimate of drug-likeness (QED) is 0.717. The Hall–Kier alpha value is -1.38. The Morgan fingerprint density at radius 1 is 1.83 bits per heavy atom. The maximum atomic E-state index is 10.7. The van der Waals surface area contributed by atoms with Gasteiger partial charge in [-0.25, -0.2) is 0 Å². The maximum Gasteiger partial charge on any atom is 0.307 e. The van der Waals surface area contributed by atoms with E-state index in [2.05, 4.69) is 4.98 Å². The van der Waals surface area contributed by atoms with Crippen LogP contribution in [0.2, 0.25) is 0 Å². The third kappa shape index (κ3) is 1.18. The van der Waals surface area contributed by atoms with Crippen molar-refractivity contribution in [1.29, 1.82) is 0 Å². The Morgan fingerprint density at radius 3 is 3.17 bits per heavy atom. The van der Waals surface area contributed by atoms with Crippen LogP contribution in [0, 0.1) is 5.92 Å². The number of nitrogens with zero attached hydrogens (tertiary/aromatic N) is 1. The molecule has 0 amide bonds. The maximum absolute atomic E-state index is 10.7. The molecule has 1 fully saturated rings. The van der Waals surface area contributed by atoms with Gasteiger partial charge in [0.1, 0.15) is 0 Å². The number of pyridine rings is 1. The van der Waals surface area contributed by atoms with Crippen molar-refractivity contribution in [1.82, 2.24) is 4.98 Å². The lowest BCUT2D eigenvalue weighted by atomic mass is 10.1. The van der Waals surface area contributed by atoms with Gasteiger partial charge in [0.2, 0.25) is 0 Å². The first-order valence-corrected chi connectivity index (χ1v) is 3.68. The number of rotatable bonds is 2. The van der Waals surface area contributed by atoms with Crippen LogP contribution >= 0.6 is 0 Å². The molecule has 1 aliphatic carbocycles. The zero-order chi connectivity index (χ0) is 10.3. The minimum Gasteiger partial charge on any atom is -0.481 e. The molecule has 2 atom stereocenters. The first kappa shape index (κ1) is 5.30. The summed E-state index contributed by atoms with van der Waals surface area (Å²) in [5.41, 5.74) is 0.657. The highest BCUT2D eigenvalue weighted by Gasteiger charge is 2.44. The van der Waals surface area contributed by atoms with Crippen LogP contribution in [0.25, 0.3) is 0 Å². The van der Waals surface area contributed by atoms with Crippen LogP contribution in [0.3, 0.4) is 0 Å². The molecule has 1 heterocycles. The van der Waals surface area contributed by atoms with Gasteiger partial charge < -0.3 is 5.11 Å². The SMILES string of the molecule is [2H]C1([2H])C(C(=O)O)C1c1cccnc1. The van der Waals surface area contributed by atoms with Crippen molar-refractivity contribution >= 4 is 5.97 Å². The van der Waals surface area contributed by atoms with Gasteiger partial charge in [-0.2, -0.15) is 0 Å². The smallest absolute Gasteiger partial charge is 0.307 e. The first-order valence-electron chi connectivity index (χ1n) is 4.68. The van der Waals surface area contributed by atoms with Gasteiger partial charge in [-0.05, 0) is 23.9 Å². The molecule has 0 bridgehead atoms. The summed E-state index contributed by atoms with van der Waals surface area (Å²) in [7, 11) is 0. The van der Waals surface area contributed by atoms with E-state index >= 15 is 0 Å². The molecule has 62 valence electrons. The second-order valence-corrected chi connectivity index (χ2v) is 2.75. The minimum absolute atomic E-state index is 0.548. The molecule has 3 heteroatoms. The van der Waals surface area contributed by atoms with Crippen LogP contribution in [-0.4, -0.2) is 16.1 Å². The van der Waals surface area contributed by atoms with Crippen molar-refractivity contribution in [3.05, 3.63) is 30.1 Å². The van der Waals surface area contributed by atoms with E-state index in [0.29, 0.717) is 5.56 Å². The third-order valence-corrected chi connectivity index (χ3v) is 1.89. The molecule has 2 rings (SSSR count). The molecule has 1 aromatic heterocycles. The summed E-state index contributed by atoms with van der Waals surface area (Å²) in [4.78, 5) is 14.5. The first-order chi connectivity index (χ1) is 6.55. The third-order valence-electron chi connectivity index (χ3n) is 1.89. The summed E-state index contributed by atoms with van der Waals surface area (Å²) in [5.74, 6) is -2.55. The molecule has 0 aliphatic heterocycles. The summed E-state index contributed by atoms with van der Waals surface area (Å²) in [6.07, 6.45) is 1.47. The monoisotopic (exact) mass is 165 g/mol. The molecule has 1 aromatic rings. The molecule has 0 radical (unpaired) electrons. The summed E-state index contributed by atoms with van der Waals surface area (Å²) in [5, 5.41) is 8.76. The predicted octanol–water partition coefficient (Wildman–Crippen LogP) is 1.27. The lowest BCUT2D eigenvalue weighted by molar-refractivity contribution is -0.138. The fourth-order valence-corrected chi connectivity index (χ4v) is 1.20. The highest BCUT2D eigenvalue weighted by atomic mass is 16.4. The molecule has 12 heavy (non-hydrogen) atoms. The Labute approximate surface area is 72.9 Å². The number of carboxylic acids is 1. The highest BCUT2D eigenvalue weighted by molar-refractivity contribution is 5.75. The summed E-state index contributed by atoms with van der Waals surface area (Å²) in [6, 6.07) is 3.39. The van der Waals surface area contributed by atoms with Crippen molar-refractivity contribution in [2.24, 2.45) is 5.92 Å². The topological polar surface area (TPSA) is 50.2 Å². The number of carboxylic acid groups (broad SMARTS) is 1. The Bertz CT molecular complexity index is 366. The standard InChI is InChI=1S/C9H9NO2/c11-9(12)8-4-7(8)6-2-1-3-10-5-6/h1-3,5,7-8H,4H2,(H,11,12)/i4D2. The molecule has 1 saturated carbocycles. The van der Waals surface area contributed by atoms with Crippen LogP contribution in [0.4, 0.5) is 0 Å². The largest absolute Gasteiger partial charge is 0.481 e. The molecule has 3 nitrogen and oxygen atoms in total. The highest BCUT2D eigenvalue weighted by Crippen LogP contribution is 2.47. The zero-order valence-corrected chi connectivity index (χ0v) is 6.27. The summed E-state index contributed by atoms with van der Waals surface area (Å²) < 4.78 is 15.0. The van der Waals surface area contributed by atoms with Gasteiger partial charge in [0.05, 0.1) is 5.92 Å². The Kier molecular flexibility index (Phi) is 1.14. The van der Waals surface area contributed by atoms with E-state index in [1.807, 2.05) is 0 Å². The van der Waals surface area contributed by atoms with Crippen LogP contribution < -0.4 is 0 Å². The second kappa shape index (κ2) is 2.59. The number of aromatic nitrogens is 1. The van der Waals surface area contributed by atoms with E-state index in [1.165, 1.54) is 6.20 Å². The molecular weight excluding hydrogens is 154 g/mol. The van der Waals surface area contributed by atoms with E-state index in [0.717, 1.165) is 0 Å². The average molecular weight is 165 g/mol.